The molecule has 0 unspecified atom stereocenters. The van der Waals surface area contributed by atoms with Gasteiger partial charge in [-0.15, -0.1) is 0 Å². The zero-order chi connectivity index (χ0) is 14.7. The number of hydrogen-bond acceptors (Lipinski definition) is 0. The maximum Gasteiger partial charge on any atom is -0.00196 e. The van der Waals surface area contributed by atoms with Crippen LogP contribution in [-0.4, -0.2) is 0 Å². The first-order valence-electron chi connectivity index (χ1n) is 7.43. The van der Waals surface area contributed by atoms with E-state index in [1.54, 1.807) is 0 Å². The normalized spacial score (nSPS) is 10.6. The lowest BCUT2D eigenvalue weighted by molar-refractivity contribution is 1.19. The Morgan fingerprint density at radius 2 is 1.38 bits per heavy atom. The maximum absolute atomic E-state index is 2.31. The van der Waals surface area contributed by atoms with Gasteiger partial charge in [-0.1, -0.05) is 78.4 Å². The summed E-state index contributed by atoms with van der Waals surface area (Å²) >= 11 is 0. The van der Waals surface area contributed by atoms with Gasteiger partial charge in [0.25, 0.3) is 0 Å². The average Bonchev–Trinajstić information content (AvgIpc) is 2.51. The van der Waals surface area contributed by atoms with Crippen LogP contribution < -0.4 is 0 Å². The van der Waals surface area contributed by atoms with Crippen LogP contribution in [0.25, 0.3) is 11.1 Å². The van der Waals surface area contributed by atoms with Gasteiger partial charge in [0.15, 0.2) is 0 Å². The van der Waals surface area contributed by atoms with Gasteiger partial charge in [-0.2, -0.15) is 0 Å². The molecule has 3 aromatic carbocycles. The van der Waals surface area contributed by atoms with Crippen molar-refractivity contribution in [1.29, 1.82) is 0 Å². The monoisotopic (exact) mass is 272 g/mol. The van der Waals surface area contributed by atoms with E-state index in [1.807, 2.05) is 0 Å². The van der Waals surface area contributed by atoms with E-state index in [4.69, 9.17) is 0 Å². The van der Waals surface area contributed by atoms with E-state index in [0.717, 1.165) is 6.42 Å². The van der Waals surface area contributed by atoms with Crippen LogP contribution in [0.1, 0.15) is 22.3 Å². The molecule has 0 aliphatic rings. The van der Waals surface area contributed by atoms with Crippen LogP contribution in [0, 0.1) is 13.8 Å². The van der Waals surface area contributed by atoms with Gasteiger partial charge in [0.2, 0.25) is 0 Å². The minimum absolute atomic E-state index is 0.977. The number of aryl methyl sites for hydroxylation is 2. The summed E-state index contributed by atoms with van der Waals surface area (Å²) in [5.74, 6) is 0. The van der Waals surface area contributed by atoms with Gasteiger partial charge in [-0.05, 0) is 48.1 Å². The van der Waals surface area contributed by atoms with Crippen molar-refractivity contribution in [2.24, 2.45) is 0 Å². The van der Waals surface area contributed by atoms with Gasteiger partial charge >= 0.3 is 0 Å². The fraction of sp³-hybridized carbons (Fsp3) is 0.143. The van der Waals surface area contributed by atoms with E-state index in [1.165, 1.54) is 33.4 Å². The van der Waals surface area contributed by atoms with Crippen LogP contribution in [0.2, 0.25) is 0 Å². The van der Waals surface area contributed by atoms with Gasteiger partial charge < -0.3 is 0 Å². The third-order valence-corrected chi connectivity index (χ3v) is 3.94. The molecule has 0 bridgehead atoms. The smallest absolute Gasteiger partial charge is 0.00196 e. The minimum Gasteiger partial charge on any atom is -0.0622 e. The van der Waals surface area contributed by atoms with Crippen molar-refractivity contribution in [3.05, 3.63) is 95.1 Å². The highest BCUT2D eigenvalue weighted by Crippen LogP contribution is 2.29. The summed E-state index contributed by atoms with van der Waals surface area (Å²) in [4.78, 5) is 0. The molecule has 0 atom stereocenters. The highest BCUT2D eigenvalue weighted by Gasteiger charge is 2.08. The Bertz CT molecular complexity index is 739. The Kier molecular flexibility index (Phi) is 3.87. The van der Waals surface area contributed by atoms with Crippen molar-refractivity contribution in [3.8, 4) is 11.1 Å². The highest BCUT2D eigenvalue weighted by molar-refractivity contribution is 5.71. The second-order valence-electron chi connectivity index (χ2n) is 5.64. The highest BCUT2D eigenvalue weighted by atomic mass is 14.1. The van der Waals surface area contributed by atoms with E-state index >= 15 is 0 Å². The molecule has 3 aromatic rings. The Morgan fingerprint density at radius 3 is 2.14 bits per heavy atom. The molecule has 0 aliphatic heterocycles. The summed E-state index contributed by atoms with van der Waals surface area (Å²) in [7, 11) is 0. The van der Waals surface area contributed by atoms with E-state index in [0.29, 0.717) is 0 Å². The second-order valence-corrected chi connectivity index (χ2v) is 5.64. The molecule has 0 saturated heterocycles. The molecular formula is C21H20. The van der Waals surface area contributed by atoms with E-state index < -0.39 is 0 Å². The molecule has 0 saturated carbocycles. The molecule has 3 rings (SSSR count). The molecule has 0 heterocycles. The largest absolute Gasteiger partial charge is 0.0622 e. The van der Waals surface area contributed by atoms with Gasteiger partial charge in [0.05, 0.1) is 0 Å². The van der Waals surface area contributed by atoms with Gasteiger partial charge in [-0.25, -0.2) is 0 Å². The van der Waals surface area contributed by atoms with Crippen molar-refractivity contribution in [2.75, 3.05) is 0 Å². The number of benzene rings is 3. The summed E-state index contributed by atoms with van der Waals surface area (Å²) in [5, 5.41) is 0. The van der Waals surface area contributed by atoms with Crippen molar-refractivity contribution in [1.82, 2.24) is 0 Å². The predicted octanol–water partition coefficient (Wildman–Crippen LogP) is 5.56. The molecular weight excluding hydrogens is 252 g/mol. The minimum atomic E-state index is 0.977. The van der Waals surface area contributed by atoms with Crippen molar-refractivity contribution < 1.29 is 0 Å². The molecule has 0 aromatic heterocycles. The van der Waals surface area contributed by atoms with Crippen molar-refractivity contribution in [3.63, 3.8) is 0 Å². The van der Waals surface area contributed by atoms with Crippen molar-refractivity contribution in [2.45, 2.75) is 20.3 Å². The molecule has 0 nitrogen and oxygen atoms in total. The van der Waals surface area contributed by atoms with Crippen LogP contribution in [0.3, 0.4) is 0 Å². The third kappa shape index (κ3) is 3.05. The topological polar surface area (TPSA) is 0 Å². The zero-order valence-corrected chi connectivity index (χ0v) is 12.6. The Labute approximate surface area is 127 Å². The van der Waals surface area contributed by atoms with Gasteiger partial charge in [0, 0.05) is 0 Å². The lowest BCUT2D eigenvalue weighted by Gasteiger charge is -2.13. The van der Waals surface area contributed by atoms with Crippen LogP contribution in [-0.2, 0) is 6.42 Å². The Balaban J connectivity index is 2.08. The van der Waals surface area contributed by atoms with Gasteiger partial charge in [0.1, 0.15) is 0 Å². The molecule has 21 heavy (non-hydrogen) atoms. The van der Waals surface area contributed by atoms with Gasteiger partial charge in [-0.3, -0.25) is 0 Å². The summed E-state index contributed by atoms with van der Waals surface area (Å²) < 4.78 is 0. The molecule has 0 fully saturated rings. The SMILES string of the molecule is Cc1ccc(Cc2ccccc2)c(-c2ccccc2C)c1. The lowest BCUT2D eigenvalue weighted by atomic mass is 9.91. The van der Waals surface area contributed by atoms with Crippen LogP contribution in [0.4, 0.5) is 0 Å². The Hall–Kier alpha value is -2.34. The molecule has 0 amide bonds. The molecule has 0 aliphatic carbocycles. The lowest BCUT2D eigenvalue weighted by Crippen LogP contribution is -1.94. The molecule has 0 N–H and O–H groups in total. The van der Waals surface area contributed by atoms with E-state index in [-0.39, 0.29) is 0 Å². The molecule has 0 radical (unpaired) electrons. The van der Waals surface area contributed by atoms with Crippen LogP contribution >= 0.6 is 0 Å². The number of rotatable bonds is 3. The molecule has 0 spiro atoms. The quantitative estimate of drug-likeness (QED) is 0.585. The van der Waals surface area contributed by atoms with Crippen LogP contribution in [0.15, 0.2) is 72.8 Å². The second kappa shape index (κ2) is 5.97. The standard InChI is InChI=1S/C21H20/c1-16-12-13-19(15-18-9-4-3-5-10-18)21(14-16)20-11-7-6-8-17(20)2/h3-14H,15H2,1-2H3. The average molecular weight is 272 g/mol. The molecule has 0 heteroatoms. The van der Waals surface area contributed by atoms with Crippen LogP contribution in [0.5, 0.6) is 0 Å². The predicted molar refractivity (Wildman–Crippen MR) is 90.6 cm³/mol. The molecule has 104 valence electrons. The van der Waals surface area contributed by atoms with E-state index in [2.05, 4.69) is 86.6 Å². The summed E-state index contributed by atoms with van der Waals surface area (Å²) in [6.45, 7) is 4.35. The fourth-order valence-corrected chi connectivity index (χ4v) is 2.79. The zero-order valence-electron chi connectivity index (χ0n) is 12.6. The third-order valence-electron chi connectivity index (χ3n) is 3.94. The maximum atomic E-state index is 2.31. The number of hydrogen-bond donors (Lipinski definition) is 0. The summed E-state index contributed by atoms with van der Waals surface area (Å²) in [6, 6.07) is 26.1. The fourth-order valence-electron chi connectivity index (χ4n) is 2.79. The van der Waals surface area contributed by atoms with E-state index in [9.17, 15) is 0 Å². The first-order chi connectivity index (χ1) is 10.2. The summed E-state index contributed by atoms with van der Waals surface area (Å²) in [6.07, 6.45) is 0.977. The Morgan fingerprint density at radius 1 is 0.667 bits per heavy atom. The van der Waals surface area contributed by atoms with Crippen molar-refractivity contribution >= 4 is 0 Å². The first-order valence-corrected chi connectivity index (χ1v) is 7.43. The first kappa shape index (κ1) is 13.6. The summed E-state index contributed by atoms with van der Waals surface area (Å²) in [5.41, 5.74) is 8.09.